The van der Waals surface area contributed by atoms with Crippen molar-refractivity contribution in [1.82, 2.24) is 9.78 Å². The van der Waals surface area contributed by atoms with Gasteiger partial charge in [0.05, 0.1) is 12.2 Å². The summed E-state index contributed by atoms with van der Waals surface area (Å²) in [4.78, 5) is 0. The Kier molecular flexibility index (Phi) is 3.19. The number of benzene rings is 1. The highest BCUT2D eigenvalue weighted by Gasteiger charge is 1.98. The third kappa shape index (κ3) is 2.59. The number of nitrogens with one attached hydrogen (secondary N) is 1. The monoisotopic (exact) mass is 219 g/mol. The Labute approximate surface area is 93.9 Å². The summed E-state index contributed by atoms with van der Waals surface area (Å²) < 4.78 is 14.8. The van der Waals surface area contributed by atoms with Crippen molar-refractivity contribution in [3.63, 3.8) is 0 Å². The molecule has 0 spiro atoms. The maximum absolute atomic E-state index is 12.9. The highest BCUT2D eigenvalue weighted by atomic mass is 19.1. The third-order valence-corrected chi connectivity index (χ3v) is 2.32. The first kappa shape index (κ1) is 10.7. The van der Waals surface area contributed by atoms with Crippen LogP contribution in [0.15, 0.2) is 36.5 Å². The van der Waals surface area contributed by atoms with Crippen LogP contribution in [0.1, 0.15) is 12.6 Å². The second-order valence-electron chi connectivity index (χ2n) is 3.53. The largest absolute Gasteiger partial charge is 0.379 e. The summed E-state index contributed by atoms with van der Waals surface area (Å²) in [7, 11) is 0. The molecule has 0 atom stereocenters. The van der Waals surface area contributed by atoms with Crippen LogP contribution in [0.4, 0.5) is 10.1 Å². The van der Waals surface area contributed by atoms with Crippen LogP contribution in [0.5, 0.6) is 0 Å². The van der Waals surface area contributed by atoms with E-state index in [9.17, 15) is 4.39 Å². The normalized spacial score (nSPS) is 10.4. The van der Waals surface area contributed by atoms with Crippen LogP contribution in [0.3, 0.4) is 0 Å². The fraction of sp³-hybridized carbons (Fsp3) is 0.250. The van der Waals surface area contributed by atoms with Crippen LogP contribution in [0, 0.1) is 5.82 Å². The van der Waals surface area contributed by atoms with Gasteiger partial charge in [-0.05, 0) is 31.2 Å². The van der Waals surface area contributed by atoms with Crippen molar-refractivity contribution in [2.75, 3.05) is 5.32 Å². The number of nitrogens with zero attached hydrogens (tertiary/aromatic N) is 2. The molecule has 84 valence electrons. The Hall–Kier alpha value is -1.84. The van der Waals surface area contributed by atoms with E-state index >= 15 is 0 Å². The zero-order chi connectivity index (χ0) is 11.4. The molecule has 3 nitrogen and oxygen atoms in total. The topological polar surface area (TPSA) is 29.9 Å². The second-order valence-corrected chi connectivity index (χ2v) is 3.53. The summed E-state index contributed by atoms with van der Waals surface area (Å²) in [6.07, 6.45) is 1.93. The zero-order valence-corrected chi connectivity index (χ0v) is 9.15. The van der Waals surface area contributed by atoms with Crippen LogP contribution < -0.4 is 5.32 Å². The van der Waals surface area contributed by atoms with Crippen molar-refractivity contribution >= 4 is 5.69 Å². The molecule has 4 heteroatoms. The number of aromatic nitrogens is 2. The van der Waals surface area contributed by atoms with Crippen molar-refractivity contribution in [2.45, 2.75) is 20.0 Å². The molecule has 0 fully saturated rings. The molecule has 0 saturated carbocycles. The maximum atomic E-state index is 12.9. The minimum Gasteiger partial charge on any atom is -0.379 e. The summed E-state index contributed by atoms with van der Waals surface area (Å²) >= 11 is 0. The Morgan fingerprint density at radius 3 is 2.94 bits per heavy atom. The first-order valence-electron chi connectivity index (χ1n) is 5.29. The molecule has 16 heavy (non-hydrogen) atoms. The summed E-state index contributed by atoms with van der Waals surface area (Å²) in [5.74, 6) is -0.232. The summed E-state index contributed by atoms with van der Waals surface area (Å²) in [5, 5.41) is 7.45. The van der Waals surface area contributed by atoms with E-state index in [0.29, 0.717) is 6.54 Å². The summed E-state index contributed by atoms with van der Waals surface area (Å²) in [5.41, 5.74) is 1.72. The van der Waals surface area contributed by atoms with E-state index in [1.54, 1.807) is 6.07 Å². The average molecular weight is 219 g/mol. The molecule has 2 rings (SSSR count). The molecule has 0 amide bonds. The van der Waals surface area contributed by atoms with E-state index in [2.05, 4.69) is 10.4 Å². The molecule has 0 unspecified atom stereocenters. The van der Waals surface area contributed by atoms with Crippen LogP contribution in [-0.2, 0) is 13.1 Å². The van der Waals surface area contributed by atoms with Gasteiger partial charge in [0.1, 0.15) is 5.82 Å². The van der Waals surface area contributed by atoms with Crippen molar-refractivity contribution in [3.05, 3.63) is 48.0 Å². The van der Waals surface area contributed by atoms with Gasteiger partial charge in [-0.1, -0.05) is 6.07 Å². The van der Waals surface area contributed by atoms with E-state index in [-0.39, 0.29) is 5.82 Å². The van der Waals surface area contributed by atoms with Crippen molar-refractivity contribution in [1.29, 1.82) is 0 Å². The maximum Gasteiger partial charge on any atom is 0.125 e. The van der Waals surface area contributed by atoms with Gasteiger partial charge in [0, 0.05) is 18.4 Å². The van der Waals surface area contributed by atoms with Gasteiger partial charge in [-0.25, -0.2) is 4.39 Å². The molecule has 2 aromatic rings. The fourth-order valence-electron chi connectivity index (χ4n) is 1.47. The molecule has 1 aromatic carbocycles. The molecule has 0 aliphatic carbocycles. The van der Waals surface area contributed by atoms with Gasteiger partial charge in [0.2, 0.25) is 0 Å². The van der Waals surface area contributed by atoms with Crippen molar-refractivity contribution in [3.8, 4) is 0 Å². The van der Waals surface area contributed by atoms with Gasteiger partial charge in [-0.15, -0.1) is 0 Å². The van der Waals surface area contributed by atoms with E-state index in [1.165, 1.54) is 12.1 Å². The molecule has 0 saturated heterocycles. The minimum atomic E-state index is -0.232. The zero-order valence-electron chi connectivity index (χ0n) is 9.15. The van der Waals surface area contributed by atoms with Gasteiger partial charge in [-0.2, -0.15) is 5.10 Å². The van der Waals surface area contributed by atoms with Gasteiger partial charge >= 0.3 is 0 Å². The molecule has 1 aromatic heterocycles. The third-order valence-electron chi connectivity index (χ3n) is 2.32. The highest BCUT2D eigenvalue weighted by Crippen LogP contribution is 2.10. The molecule has 0 aliphatic rings. The van der Waals surface area contributed by atoms with Gasteiger partial charge in [0.25, 0.3) is 0 Å². The highest BCUT2D eigenvalue weighted by molar-refractivity contribution is 5.43. The summed E-state index contributed by atoms with van der Waals surface area (Å²) in [6.45, 7) is 3.51. The van der Waals surface area contributed by atoms with Crippen molar-refractivity contribution < 1.29 is 4.39 Å². The van der Waals surface area contributed by atoms with Crippen LogP contribution in [0.2, 0.25) is 0 Å². The van der Waals surface area contributed by atoms with Gasteiger partial charge in [0.15, 0.2) is 0 Å². The van der Waals surface area contributed by atoms with Crippen molar-refractivity contribution in [2.24, 2.45) is 0 Å². The van der Waals surface area contributed by atoms with Crippen LogP contribution in [-0.4, -0.2) is 9.78 Å². The van der Waals surface area contributed by atoms with E-state index in [0.717, 1.165) is 17.9 Å². The smallest absolute Gasteiger partial charge is 0.125 e. The Balaban J connectivity index is 1.96. The number of anilines is 1. The average Bonchev–Trinajstić information content (AvgIpc) is 2.74. The predicted molar refractivity (Wildman–Crippen MR) is 61.6 cm³/mol. The Bertz CT molecular complexity index is 465. The lowest BCUT2D eigenvalue weighted by molar-refractivity contribution is 0.628. The van der Waals surface area contributed by atoms with E-state index < -0.39 is 0 Å². The molecule has 0 bridgehead atoms. The molecular formula is C12H14FN3. The van der Waals surface area contributed by atoms with E-state index in [4.69, 9.17) is 0 Å². The summed E-state index contributed by atoms with van der Waals surface area (Å²) in [6, 6.07) is 8.37. The molecule has 0 aliphatic heterocycles. The van der Waals surface area contributed by atoms with E-state index in [1.807, 2.05) is 29.9 Å². The number of hydrogen-bond donors (Lipinski definition) is 1. The molecular weight excluding hydrogens is 205 g/mol. The number of halogens is 1. The number of aryl methyl sites for hydroxylation is 1. The lowest BCUT2D eigenvalue weighted by atomic mass is 10.3. The Morgan fingerprint density at radius 1 is 1.38 bits per heavy atom. The van der Waals surface area contributed by atoms with Gasteiger partial charge in [-0.3, -0.25) is 4.68 Å². The standard InChI is InChI=1S/C12H14FN3/c1-2-16-7-6-12(15-16)9-14-11-5-3-4-10(13)8-11/h3-8,14H,2,9H2,1H3. The fourth-order valence-corrected chi connectivity index (χ4v) is 1.47. The Morgan fingerprint density at radius 2 is 2.25 bits per heavy atom. The predicted octanol–water partition coefficient (Wildman–Crippen LogP) is 2.65. The quantitative estimate of drug-likeness (QED) is 0.856. The van der Waals surface area contributed by atoms with Crippen LogP contribution in [0.25, 0.3) is 0 Å². The number of hydrogen-bond acceptors (Lipinski definition) is 2. The lowest BCUT2D eigenvalue weighted by Gasteiger charge is -2.03. The van der Waals surface area contributed by atoms with Gasteiger partial charge < -0.3 is 5.32 Å². The first-order valence-corrected chi connectivity index (χ1v) is 5.29. The molecule has 1 N–H and O–H groups in total. The molecule has 1 heterocycles. The second kappa shape index (κ2) is 4.79. The SMILES string of the molecule is CCn1ccc(CNc2cccc(F)c2)n1. The first-order chi connectivity index (χ1) is 7.78. The molecule has 0 radical (unpaired) electrons. The minimum absolute atomic E-state index is 0.232. The number of rotatable bonds is 4. The van der Waals surface area contributed by atoms with Crippen LogP contribution >= 0.6 is 0 Å². The lowest BCUT2D eigenvalue weighted by Crippen LogP contribution is -2.02.